The molecule has 3 amide bonds. The summed E-state index contributed by atoms with van der Waals surface area (Å²) in [5, 5.41) is 11.6. The zero-order valence-electron chi connectivity index (χ0n) is 13.6. The fraction of sp³-hybridized carbons (Fsp3) is 0.0625. The van der Waals surface area contributed by atoms with Gasteiger partial charge in [0.15, 0.2) is 11.0 Å². The molecule has 1 aromatic carbocycles. The molecule has 0 fully saturated rings. The van der Waals surface area contributed by atoms with Gasteiger partial charge >= 0.3 is 6.03 Å². The standard InChI is InChI=1S/C16H12Cl2N6O2S/c17-11-4-3-10(6-12(11)18)24-14(9-2-1-5-20-7-9)22-23-16(24)27-8-13(25)21-15(19)26/h1-7H,8H2,(H3,19,21,25,26). The number of nitrogens with two attached hydrogens (primary N) is 1. The van der Waals surface area contributed by atoms with Crippen LogP contribution in [0.5, 0.6) is 0 Å². The van der Waals surface area contributed by atoms with Gasteiger partial charge in [0, 0.05) is 18.0 Å². The topological polar surface area (TPSA) is 116 Å². The van der Waals surface area contributed by atoms with Crippen molar-refractivity contribution in [2.24, 2.45) is 5.73 Å². The number of urea groups is 1. The first-order valence-corrected chi connectivity index (χ1v) is 9.23. The number of amides is 3. The van der Waals surface area contributed by atoms with Crippen LogP contribution in [-0.2, 0) is 4.79 Å². The third-order valence-corrected chi connectivity index (χ3v) is 4.98. The van der Waals surface area contributed by atoms with Crippen LogP contribution in [-0.4, -0.2) is 37.4 Å². The number of imide groups is 1. The van der Waals surface area contributed by atoms with Crippen LogP contribution in [0.25, 0.3) is 17.1 Å². The molecule has 8 nitrogen and oxygen atoms in total. The zero-order chi connectivity index (χ0) is 19.4. The van der Waals surface area contributed by atoms with Gasteiger partial charge in [0.25, 0.3) is 0 Å². The molecule has 11 heteroatoms. The van der Waals surface area contributed by atoms with Gasteiger partial charge in [0.1, 0.15) is 0 Å². The molecular formula is C16H12Cl2N6O2S. The minimum atomic E-state index is -0.914. The molecule has 2 heterocycles. The molecule has 0 aliphatic rings. The monoisotopic (exact) mass is 422 g/mol. The van der Waals surface area contributed by atoms with Gasteiger partial charge in [-0.15, -0.1) is 10.2 Å². The van der Waals surface area contributed by atoms with Crippen LogP contribution in [0.15, 0.2) is 47.9 Å². The van der Waals surface area contributed by atoms with Gasteiger partial charge in [-0.3, -0.25) is 19.7 Å². The summed E-state index contributed by atoms with van der Waals surface area (Å²) >= 11 is 13.2. The Kier molecular flexibility index (Phi) is 5.94. The predicted octanol–water partition coefficient (Wildman–Crippen LogP) is 2.92. The van der Waals surface area contributed by atoms with Gasteiger partial charge in [-0.05, 0) is 30.3 Å². The summed E-state index contributed by atoms with van der Waals surface area (Å²) in [7, 11) is 0. The SMILES string of the molecule is NC(=O)NC(=O)CSc1nnc(-c2cccnc2)n1-c1ccc(Cl)c(Cl)c1. The lowest BCUT2D eigenvalue weighted by Gasteiger charge is -2.11. The summed E-state index contributed by atoms with van der Waals surface area (Å²) in [5.74, 6) is -0.103. The van der Waals surface area contributed by atoms with E-state index in [9.17, 15) is 9.59 Å². The second-order valence-electron chi connectivity index (χ2n) is 5.18. The predicted molar refractivity (Wildman–Crippen MR) is 103 cm³/mol. The third-order valence-electron chi connectivity index (χ3n) is 3.31. The van der Waals surface area contributed by atoms with E-state index in [1.165, 1.54) is 0 Å². The largest absolute Gasteiger partial charge is 0.351 e. The van der Waals surface area contributed by atoms with Crippen LogP contribution in [0.2, 0.25) is 10.0 Å². The number of nitrogens with one attached hydrogen (secondary N) is 1. The Morgan fingerprint density at radius 1 is 1.19 bits per heavy atom. The van der Waals surface area contributed by atoms with E-state index in [1.807, 2.05) is 11.4 Å². The Morgan fingerprint density at radius 3 is 2.67 bits per heavy atom. The molecule has 0 aliphatic carbocycles. The number of aromatic nitrogens is 4. The fourth-order valence-electron chi connectivity index (χ4n) is 2.21. The van der Waals surface area contributed by atoms with E-state index in [4.69, 9.17) is 28.9 Å². The smallest absolute Gasteiger partial charge is 0.318 e. The van der Waals surface area contributed by atoms with Crippen LogP contribution < -0.4 is 11.1 Å². The maximum absolute atomic E-state index is 11.7. The maximum Gasteiger partial charge on any atom is 0.318 e. The van der Waals surface area contributed by atoms with E-state index in [0.29, 0.717) is 26.7 Å². The van der Waals surface area contributed by atoms with E-state index >= 15 is 0 Å². The lowest BCUT2D eigenvalue weighted by Crippen LogP contribution is -2.36. The molecule has 0 unspecified atom stereocenters. The summed E-state index contributed by atoms with van der Waals surface area (Å²) in [4.78, 5) is 26.6. The Bertz CT molecular complexity index is 996. The van der Waals surface area contributed by atoms with Crippen LogP contribution in [0, 0.1) is 0 Å². The number of hydrogen-bond acceptors (Lipinski definition) is 6. The first-order chi connectivity index (χ1) is 13.0. The molecular weight excluding hydrogens is 411 g/mol. The van der Waals surface area contributed by atoms with E-state index < -0.39 is 11.9 Å². The van der Waals surface area contributed by atoms with Crippen LogP contribution in [0.3, 0.4) is 0 Å². The van der Waals surface area contributed by atoms with Crippen LogP contribution in [0.1, 0.15) is 0 Å². The van der Waals surface area contributed by atoms with Gasteiger partial charge in [-0.25, -0.2) is 4.79 Å². The van der Waals surface area contributed by atoms with E-state index in [2.05, 4.69) is 15.2 Å². The number of nitrogens with zero attached hydrogens (tertiary/aromatic N) is 4. The number of primary amides is 1. The summed E-state index contributed by atoms with van der Waals surface area (Å²) in [6, 6.07) is 7.77. The van der Waals surface area contributed by atoms with E-state index in [-0.39, 0.29) is 5.75 Å². The molecule has 2 aromatic heterocycles. The first-order valence-electron chi connectivity index (χ1n) is 7.49. The highest BCUT2D eigenvalue weighted by atomic mass is 35.5. The normalized spacial score (nSPS) is 10.6. The Hall–Kier alpha value is -2.62. The molecule has 0 aliphatic heterocycles. The first kappa shape index (κ1) is 19.2. The van der Waals surface area contributed by atoms with Crippen molar-refractivity contribution in [3.63, 3.8) is 0 Å². The molecule has 0 bridgehead atoms. The molecule has 0 radical (unpaired) electrons. The molecule has 138 valence electrons. The van der Waals surface area contributed by atoms with Gasteiger partial charge in [-0.1, -0.05) is 35.0 Å². The second-order valence-corrected chi connectivity index (χ2v) is 6.94. The van der Waals surface area contributed by atoms with E-state index in [1.54, 1.807) is 41.2 Å². The Morgan fingerprint density at radius 2 is 2.00 bits per heavy atom. The number of rotatable bonds is 5. The fourth-order valence-corrected chi connectivity index (χ4v) is 3.25. The highest BCUT2D eigenvalue weighted by Gasteiger charge is 2.18. The van der Waals surface area contributed by atoms with E-state index in [0.717, 1.165) is 17.3 Å². The third kappa shape index (κ3) is 4.57. The number of thioether (sulfide) groups is 1. The second kappa shape index (κ2) is 8.38. The lowest BCUT2D eigenvalue weighted by atomic mass is 10.2. The molecule has 3 rings (SSSR count). The van der Waals surface area contributed by atoms with Crippen LogP contribution in [0.4, 0.5) is 4.79 Å². The van der Waals surface area contributed by atoms with Crippen molar-refractivity contribution in [1.29, 1.82) is 0 Å². The van der Waals surface area contributed by atoms with Crippen molar-refractivity contribution >= 4 is 46.9 Å². The number of carbonyl (C=O) groups excluding carboxylic acids is 2. The zero-order valence-corrected chi connectivity index (χ0v) is 15.9. The average Bonchev–Trinajstić information content (AvgIpc) is 3.06. The van der Waals surface area contributed by atoms with Crippen molar-refractivity contribution in [3.8, 4) is 17.1 Å². The molecule has 0 atom stereocenters. The van der Waals surface area contributed by atoms with Gasteiger partial charge in [-0.2, -0.15) is 0 Å². The number of benzene rings is 1. The molecule has 0 saturated carbocycles. The van der Waals surface area contributed by atoms with Gasteiger partial charge in [0.05, 0.1) is 21.5 Å². The minimum absolute atomic E-state index is 0.0740. The van der Waals surface area contributed by atoms with Crippen molar-refractivity contribution in [1.82, 2.24) is 25.1 Å². The average molecular weight is 423 g/mol. The maximum atomic E-state index is 11.7. The quantitative estimate of drug-likeness (QED) is 0.610. The number of pyridine rings is 1. The Balaban J connectivity index is 2.01. The van der Waals surface area contributed by atoms with Crippen LogP contribution >= 0.6 is 35.0 Å². The lowest BCUT2D eigenvalue weighted by molar-refractivity contribution is -0.117. The Labute approximate surface area is 168 Å². The minimum Gasteiger partial charge on any atom is -0.351 e. The summed E-state index contributed by atoms with van der Waals surface area (Å²) in [5.41, 5.74) is 6.33. The molecule has 3 aromatic rings. The van der Waals surface area contributed by atoms with Crippen molar-refractivity contribution in [3.05, 3.63) is 52.8 Å². The highest BCUT2D eigenvalue weighted by Crippen LogP contribution is 2.31. The number of halogens is 2. The highest BCUT2D eigenvalue weighted by molar-refractivity contribution is 7.99. The van der Waals surface area contributed by atoms with Gasteiger partial charge < -0.3 is 5.73 Å². The van der Waals surface area contributed by atoms with Crippen molar-refractivity contribution in [2.45, 2.75) is 5.16 Å². The number of hydrogen-bond donors (Lipinski definition) is 2. The number of carbonyl (C=O) groups is 2. The van der Waals surface area contributed by atoms with Crippen molar-refractivity contribution in [2.75, 3.05) is 5.75 Å². The molecule has 0 saturated heterocycles. The van der Waals surface area contributed by atoms with Crippen molar-refractivity contribution < 1.29 is 9.59 Å². The van der Waals surface area contributed by atoms with Gasteiger partial charge in [0.2, 0.25) is 5.91 Å². The molecule has 3 N–H and O–H groups in total. The summed E-state index contributed by atoms with van der Waals surface area (Å²) < 4.78 is 1.72. The molecule has 27 heavy (non-hydrogen) atoms. The summed E-state index contributed by atoms with van der Waals surface area (Å²) in [6.45, 7) is 0. The molecule has 0 spiro atoms. The summed E-state index contributed by atoms with van der Waals surface area (Å²) in [6.07, 6.45) is 3.29.